The molecular weight excluding hydrogens is 128 g/mol. The number of rotatable bonds is 2. The third-order valence-electron chi connectivity index (χ3n) is 1.46. The summed E-state index contributed by atoms with van der Waals surface area (Å²) in [4.78, 5) is 10.7. The van der Waals surface area contributed by atoms with Gasteiger partial charge in [0, 0.05) is 5.92 Å². The molecule has 0 heterocycles. The summed E-state index contributed by atoms with van der Waals surface area (Å²) in [5.41, 5.74) is 0. The Morgan fingerprint density at radius 3 is 2.60 bits per heavy atom. The molecule has 54 valence electrons. The van der Waals surface area contributed by atoms with Gasteiger partial charge in [-0.2, -0.15) is 0 Å². The van der Waals surface area contributed by atoms with Gasteiger partial charge in [0.05, 0.1) is 13.5 Å². The van der Waals surface area contributed by atoms with Gasteiger partial charge in [0.1, 0.15) is 0 Å². The van der Waals surface area contributed by atoms with Crippen LogP contribution in [0.15, 0.2) is 24.3 Å². The number of carbonyl (C=O) groups excluding carboxylic acids is 1. The quantitative estimate of drug-likeness (QED) is 0.537. The Labute approximate surface area is 60.2 Å². The van der Waals surface area contributed by atoms with Crippen LogP contribution in [0.2, 0.25) is 0 Å². The Morgan fingerprint density at radius 2 is 2.10 bits per heavy atom. The minimum absolute atomic E-state index is 0.152. The molecule has 0 aliphatic heterocycles. The normalized spacial score (nSPS) is 16.1. The van der Waals surface area contributed by atoms with E-state index in [2.05, 4.69) is 4.74 Å². The number of hydrogen-bond donors (Lipinski definition) is 0. The fourth-order valence-corrected chi connectivity index (χ4v) is 0.890. The summed E-state index contributed by atoms with van der Waals surface area (Å²) in [5.74, 6) is 0.105. The van der Waals surface area contributed by atoms with Gasteiger partial charge in [0.15, 0.2) is 0 Å². The first kappa shape index (κ1) is 7.06. The minimum Gasteiger partial charge on any atom is -0.469 e. The zero-order chi connectivity index (χ0) is 7.40. The highest BCUT2D eigenvalue weighted by molar-refractivity contribution is 5.70. The van der Waals surface area contributed by atoms with Gasteiger partial charge in [-0.3, -0.25) is 4.79 Å². The predicted octanol–water partition coefficient (Wildman–Crippen LogP) is 1.29. The van der Waals surface area contributed by atoms with Gasteiger partial charge < -0.3 is 4.74 Å². The molecule has 0 radical (unpaired) electrons. The number of esters is 1. The summed E-state index contributed by atoms with van der Waals surface area (Å²) in [6.07, 6.45) is 8.30. The van der Waals surface area contributed by atoms with E-state index in [1.54, 1.807) is 0 Å². The van der Waals surface area contributed by atoms with E-state index in [0.717, 1.165) is 0 Å². The topological polar surface area (TPSA) is 26.3 Å². The van der Waals surface area contributed by atoms with E-state index in [9.17, 15) is 4.79 Å². The zero-order valence-corrected chi connectivity index (χ0v) is 5.91. The molecule has 1 aliphatic carbocycles. The lowest BCUT2D eigenvalue weighted by Gasteiger charge is -2.01. The van der Waals surface area contributed by atoms with Crippen LogP contribution in [0.5, 0.6) is 0 Å². The van der Waals surface area contributed by atoms with Crippen molar-refractivity contribution in [1.82, 2.24) is 0 Å². The van der Waals surface area contributed by atoms with E-state index in [1.165, 1.54) is 7.11 Å². The maximum absolute atomic E-state index is 10.7. The van der Waals surface area contributed by atoms with E-state index in [-0.39, 0.29) is 11.9 Å². The van der Waals surface area contributed by atoms with Crippen LogP contribution in [0.1, 0.15) is 6.42 Å². The van der Waals surface area contributed by atoms with Gasteiger partial charge in [-0.1, -0.05) is 24.3 Å². The Bertz CT molecular complexity index is 168. The van der Waals surface area contributed by atoms with Crippen molar-refractivity contribution in [3.63, 3.8) is 0 Å². The van der Waals surface area contributed by atoms with Crippen LogP contribution in [0, 0.1) is 5.92 Å². The molecule has 0 aromatic heterocycles. The van der Waals surface area contributed by atoms with E-state index >= 15 is 0 Å². The summed E-state index contributed by atoms with van der Waals surface area (Å²) in [6.45, 7) is 0. The first-order valence-electron chi connectivity index (χ1n) is 3.24. The largest absolute Gasteiger partial charge is 0.469 e. The zero-order valence-electron chi connectivity index (χ0n) is 5.91. The number of methoxy groups -OCH3 is 1. The monoisotopic (exact) mass is 138 g/mol. The molecule has 0 fully saturated rings. The summed E-state index contributed by atoms with van der Waals surface area (Å²) < 4.78 is 4.51. The van der Waals surface area contributed by atoms with Gasteiger partial charge in [0.25, 0.3) is 0 Å². The minimum atomic E-state index is -0.152. The SMILES string of the molecule is COC(=O)CC1C=CC=C1. The van der Waals surface area contributed by atoms with Crippen LogP contribution in [-0.2, 0) is 9.53 Å². The highest BCUT2D eigenvalue weighted by Gasteiger charge is 2.09. The van der Waals surface area contributed by atoms with Crippen LogP contribution >= 0.6 is 0 Å². The van der Waals surface area contributed by atoms with Gasteiger partial charge in [0.2, 0.25) is 0 Å². The van der Waals surface area contributed by atoms with Crippen molar-refractivity contribution < 1.29 is 9.53 Å². The van der Waals surface area contributed by atoms with Gasteiger partial charge in [-0.05, 0) is 0 Å². The number of allylic oxidation sites excluding steroid dienone is 4. The number of hydrogen-bond acceptors (Lipinski definition) is 2. The lowest BCUT2D eigenvalue weighted by atomic mass is 10.1. The Hall–Kier alpha value is -1.05. The van der Waals surface area contributed by atoms with Gasteiger partial charge in [-0.25, -0.2) is 0 Å². The summed E-state index contributed by atoms with van der Waals surface area (Å²) in [6, 6.07) is 0. The second-order valence-electron chi connectivity index (χ2n) is 2.21. The van der Waals surface area contributed by atoms with Crippen molar-refractivity contribution in [2.45, 2.75) is 6.42 Å². The fraction of sp³-hybridized carbons (Fsp3) is 0.375. The van der Waals surface area contributed by atoms with Crippen LogP contribution in [0.3, 0.4) is 0 Å². The molecule has 2 heteroatoms. The lowest BCUT2D eigenvalue weighted by molar-refractivity contribution is -0.141. The molecule has 0 atom stereocenters. The molecule has 1 aliphatic rings. The van der Waals surface area contributed by atoms with Crippen LogP contribution < -0.4 is 0 Å². The summed E-state index contributed by atoms with van der Waals surface area (Å²) in [7, 11) is 1.41. The van der Waals surface area contributed by atoms with Gasteiger partial charge in [-0.15, -0.1) is 0 Å². The third-order valence-corrected chi connectivity index (χ3v) is 1.46. The van der Waals surface area contributed by atoms with Crippen LogP contribution in [0.4, 0.5) is 0 Å². The Balaban J connectivity index is 2.32. The van der Waals surface area contributed by atoms with Gasteiger partial charge >= 0.3 is 5.97 Å². The average molecular weight is 138 g/mol. The Kier molecular flexibility index (Phi) is 2.26. The van der Waals surface area contributed by atoms with Crippen molar-refractivity contribution in [2.24, 2.45) is 5.92 Å². The molecule has 0 amide bonds. The molecule has 0 spiro atoms. The van der Waals surface area contributed by atoms with Crippen molar-refractivity contribution >= 4 is 5.97 Å². The molecule has 0 saturated carbocycles. The Morgan fingerprint density at radius 1 is 1.50 bits per heavy atom. The molecule has 0 saturated heterocycles. The lowest BCUT2D eigenvalue weighted by Crippen LogP contribution is -2.04. The standard InChI is InChI=1S/C8H10O2/c1-10-8(9)6-7-4-2-3-5-7/h2-5,7H,6H2,1H3. The number of ether oxygens (including phenoxy) is 1. The molecule has 0 aromatic carbocycles. The fourth-order valence-electron chi connectivity index (χ4n) is 0.890. The van der Waals surface area contributed by atoms with E-state index in [0.29, 0.717) is 6.42 Å². The van der Waals surface area contributed by atoms with E-state index < -0.39 is 0 Å². The summed E-state index contributed by atoms with van der Waals surface area (Å²) in [5, 5.41) is 0. The molecule has 0 unspecified atom stereocenters. The average Bonchev–Trinajstić information content (AvgIpc) is 2.40. The van der Waals surface area contributed by atoms with Crippen molar-refractivity contribution in [2.75, 3.05) is 7.11 Å². The predicted molar refractivity (Wildman–Crippen MR) is 38.4 cm³/mol. The van der Waals surface area contributed by atoms with Crippen molar-refractivity contribution in [3.8, 4) is 0 Å². The first-order valence-corrected chi connectivity index (χ1v) is 3.24. The molecule has 0 aromatic rings. The highest BCUT2D eigenvalue weighted by Crippen LogP contribution is 2.12. The maximum atomic E-state index is 10.7. The second-order valence-corrected chi connectivity index (χ2v) is 2.21. The number of carbonyl (C=O) groups is 1. The van der Waals surface area contributed by atoms with E-state index in [4.69, 9.17) is 0 Å². The summed E-state index contributed by atoms with van der Waals surface area (Å²) >= 11 is 0. The third kappa shape index (κ3) is 1.72. The smallest absolute Gasteiger partial charge is 0.306 e. The van der Waals surface area contributed by atoms with Crippen molar-refractivity contribution in [3.05, 3.63) is 24.3 Å². The molecule has 2 nitrogen and oxygen atoms in total. The second kappa shape index (κ2) is 3.20. The molecule has 1 rings (SSSR count). The molecule has 0 bridgehead atoms. The molecular formula is C8H10O2. The molecule has 0 N–H and O–H groups in total. The van der Waals surface area contributed by atoms with Crippen molar-refractivity contribution in [1.29, 1.82) is 0 Å². The first-order chi connectivity index (χ1) is 4.83. The van der Waals surface area contributed by atoms with E-state index in [1.807, 2.05) is 24.3 Å². The van der Waals surface area contributed by atoms with Crippen LogP contribution in [-0.4, -0.2) is 13.1 Å². The maximum Gasteiger partial charge on any atom is 0.306 e. The van der Waals surface area contributed by atoms with Crippen LogP contribution in [0.25, 0.3) is 0 Å². The highest BCUT2D eigenvalue weighted by atomic mass is 16.5. The molecule has 10 heavy (non-hydrogen) atoms.